The molecule has 0 aliphatic heterocycles. The third-order valence-corrected chi connectivity index (χ3v) is 2.96. The van der Waals surface area contributed by atoms with Gasteiger partial charge in [-0.15, -0.1) is 11.8 Å². The maximum absolute atomic E-state index is 10.8. The molecule has 0 fully saturated rings. The number of thioether (sulfide) groups is 1. The molecule has 3 heteroatoms. The fourth-order valence-electron chi connectivity index (χ4n) is 1.35. The molecule has 0 amide bonds. The molecule has 0 N–H and O–H groups in total. The lowest BCUT2D eigenvalue weighted by Crippen LogP contribution is -1.94. The number of benzene rings is 1. The van der Waals surface area contributed by atoms with Crippen molar-refractivity contribution in [1.82, 2.24) is 0 Å². The maximum atomic E-state index is 10.8. The zero-order chi connectivity index (χ0) is 10.6. The minimum Gasteiger partial charge on any atom is -0.496 e. The van der Waals surface area contributed by atoms with E-state index in [9.17, 15) is 4.79 Å². The van der Waals surface area contributed by atoms with Crippen molar-refractivity contribution in [3.8, 4) is 5.75 Å². The second-order valence-corrected chi connectivity index (χ2v) is 3.73. The molecule has 0 aliphatic carbocycles. The Kier molecular flexibility index (Phi) is 4.01. The number of aldehydes is 1. The van der Waals surface area contributed by atoms with E-state index in [1.165, 1.54) is 5.56 Å². The van der Waals surface area contributed by atoms with Crippen LogP contribution >= 0.6 is 11.8 Å². The highest BCUT2D eigenvalue weighted by Crippen LogP contribution is 2.28. The van der Waals surface area contributed by atoms with Crippen molar-refractivity contribution in [2.24, 2.45) is 0 Å². The van der Waals surface area contributed by atoms with Gasteiger partial charge in [0.2, 0.25) is 0 Å². The van der Waals surface area contributed by atoms with Gasteiger partial charge in [0.15, 0.2) is 6.29 Å². The zero-order valence-electron chi connectivity index (χ0n) is 8.66. The topological polar surface area (TPSA) is 26.3 Å². The monoisotopic (exact) mass is 210 g/mol. The Hall–Kier alpha value is -0.960. The molecule has 0 saturated heterocycles. The lowest BCUT2D eigenvalue weighted by molar-refractivity contribution is 0.112. The molecule has 0 aliphatic rings. The lowest BCUT2D eigenvalue weighted by atomic mass is 10.1. The number of rotatable bonds is 4. The van der Waals surface area contributed by atoms with Crippen molar-refractivity contribution in [1.29, 1.82) is 0 Å². The molecule has 0 heterocycles. The standard InChI is InChI=1S/C11H14O2S/c1-4-8-5-10(13-2)9(7-12)6-11(8)14-3/h5-7H,4H2,1-3H3. The van der Waals surface area contributed by atoms with Crippen molar-refractivity contribution in [3.05, 3.63) is 23.3 Å². The Morgan fingerprint density at radius 1 is 1.50 bits per heavy atom. The summed E-state index contributed by atoms with van der Waals surface area (Å²) < 4.78 is 5.14. The van der Waals surface area contributed by atoms with Crippen LogP contribution in [0.25, 0.3) is 0 Å². The quantitative estimate of drug-likeness (QED) is 0.564. The van der Waals surface area contributed by atoms with Crippen LogP contribution in [0.3, 0.4) is 0 Å². The molecule has 0 atom stereocenters. The molecule has 1 rings (SSSR count). The van der Waals surface area contributed by atoms with Gasteiger partial charge in [0.1, 0.15) is 5.75 Å². The average Bonchev–Trinajstić information content (AvgIpc) is 2.26. The molecule has 0 spiro atoms. The fourth-order valence-corrected chi connectivity index (χ4v) is 2.06. The van der Waals surface area contributed by atoms with Crippen LogP contribution in [0.5, 0.6) is 5.75 Å². The van der Waals surface area contributed by atoms with Crippen molar-refractivity contribution in [2.75, 3.05) is 13.4 Å². The summed E-state index contributed by atoms with van der Waals surface area (Å²) in [6.07, 6.45) is 3.79. The third-order valence-electron chi connectivity index (χ3n) is 2.14. The number of methoxy groups -OCH3 is 1. The van der Waals surface area contributed by atoms with Gasteiger partial charge in [-0.1, -0.05) is 6.92 Å². The second-order valence-electron chi connectivity index (χ2n) is 2.88. The number of hydrogen-bond donors (Lipinski definition) is 0. The van der Waals surface area contributed by atoms with Gasteiger partial charge in [-0.3, -0.25) is 4.79 Å². The molecule has 1 aromatic carbocycles. The lowest BCUT2D eigenvalue weighted by Gasteiger charge is -2.10. The average molecular weight is 210 g/mol. The summed E-state index contributed by atoms with van der Waals surface area (Å²) in [5, 5.41) is 0. The highest BCUT2D eigenvalue weighted by atomic mass is 32.2. The van der Waals surface area contributed by atoms with Crippen LogP contribution in [0.1, 0.15) is 22.8 Å². The van der Waals surface area contributed by atoms with Gasteiger partial charge >= 0.3 is 0 Å². The van der Waals surface area contributed by atoms with Gasteiger partial charge < -0.3 is 4.74 Å². The van der Waals surface area contributed by atoms with E-state index in [4.69, 9.17) is 4.74 Å². The van der Waals surface area contributed by atoms with E-state index in [1.54, 1.807) is 18.9 Å². The van der Waals surface area contributed by atoms with E-state index < -0.39 is 0 Å². The van der Waals surface area contributed by atoms with Gasteiger partial charge in [-0.2, -0.15) is 0 Å². The first-order valence-corrected chi connectivity index (χ1v) is 5.69. The van der Waals surface area contributed by atoms with Gasteiger partial charge in [-0.25, -0.2) is 0 Å². The van der Waals surface area contributed by atoms with Crippen LogP contribution in [0, 0.1) is 0 Å². The number of carbonyl (C=O) groups excluding carboxylic acids is 1. The molecule has 76 valence electrons. The predicted molar refractivity (Wildman–Crippen MR) is 59.5 cm³/mol. The van der Waals surface area contributed by atoms with E-state index in [-0.39, 0.29) is 0 Å². The van der Waals surface area contributed by atoms with Gasteiger partial charge in [0, 0.05) is 4.90 Å². The van der Waals surface area contributed by atoms with E-state index in [0.29, 0.717) is 11.3 Å². The first-order chi connectivity index (χ1) is 6.76. The summed E-state index contributed by atoms with van der Waals surface area (Å²) in [7, 11) is 1.58. The Labute approximate surface area is 88.7 Å². The van der Waals surface area contributed by atoms with Crippen molar-refractivity contribution in [3.63, 3.8) is 0 Å². The van der Waals surface area contributed by atoms with Gasteiger partial charge in [-0.05, 0) is 30.4 Å². The summed E-state index contributed by atoms with van der Waals surface area (Å²) in [5.74, 6) is 0.662. The number of ether oxygens (including phenoxy) is 1. The van der Waals surface area contributed by atoms with Crippen LogP contribution in [0.2, 0.25) is 0 Å². The van der Waals surface area contributed by atoms with E-state index in [1.807, 2.05) is 18.4 Å². The van der Waals surface area contributed by atoms with Crippen LogP contribution in [0.15, 0.2) is 17.0 Å². The predicted octanol–water partition coefficient (Wildman–Crippen LogP) is 2.79. The van der Waals surface area contributed by atoms with Gasteiger partial charge in [0.25, 0.3) is 0 Å². The summed E-state index contributed by atoms with van der Waals surface area (Å²) in [6, 6.07) is 3.82. The summed E-state index contributed by atoms with van der Waals surface area (Å²) in [5.41, 5.74) is 1.84. The smallest absolute Gasteiger partial charge is 0.153 e. The Bertz CT molecular complexity index is 334. The van der Waals surface area contributed by atoms with E-state index >= 15 is 0 Å². The normalized spacial score (nSPS) is 9.93. The Balaban J connectivity index is 3.27. The molecule has 0 unspecified atom stereocenters. The highest BCUT2D eigenvalue weighted by Gasteiger charge is 2.07. The number of hydrogen-bond acceptors (Lipinski definition) is 3. The Morgan fingerprint density at radius 3 is 2.64 bits per heavy atom. The molecule has 14 heavy (non-hydrogen) atoms. The van der Waals surface area contributed by atoms with Crippen LogP contribution in [-0.4, -0.2) is 19.7 Å². The van der Waals surface area contributed by atoms with Gasteiger partial charge in [0.05, 0.1) is 12.7 Å². The van der Waals surface area contributed by atoms with Crippen molar-refractivity contribution >= 4 is 18.0 Å². The number of aryl methyl sites for hydroxylation is 1. The maximum Gasteiger partial charge on any atom is 0.153 e. The largest absolute Gasteiger partial charge is 0.496 e. The molecule has 1 aromatic rings. The number of carbonyl (C=O) groups is 1. The molecular weight excluding hydrogens is 196 g/mol. The SMILES string of the molecule is CCc1cc(OC)c(C=O)cc1SC. The molecule has 2 nitrogen and oxygen atoms in total. The minimum absolute atomic E-state index is 0.619. The van der Waals surface area contributed by atoms with E-state index in [2.05, 4.69) is 6.92 Å². The first kappa shape index (κ1) is 11.1. The summed E-state index contributed by atoms with van der Waals surface area (Å²) >= 11 is 1.65. The molecule has 0 bridgehead atoms. The van der Waals surface area contributed by atoms with Crippen LogP contribution in [0.4, 0.5) is 0 Å². The van der Waals surface area contributed by atoms with Crippen LogP contribution < -0.4 is 4.74 Å². The minimum atomic E-state index is 0.619. The second kappa shape index (κ2) is 5.05. The molecule has 0 aromatic heterocycles. The zero-order valence-corrected chi connectivity index (χ0v) is 9.48. The first-order valence-electron chi connectivity index (χ1n) is 4.46. The summed E-state index contributed by atoms with van der Waals surface area (Å²) in [4.78, 5) is 11.9. The Morgan fingerprint density at radius 2 is 2.21 bits per heavy atom. The van der Waals surface area contributed by atoms with Crippen LogP contribution in [-0.2, 0) is 6.42 Å². The van der Waals surface area contributed by atoms with Crippen molar-refractivity contribution in [2.45, 2.75) is 18.2 Å². The fraction of sp³-hybridized carbons (Fsp3) is 0.364. The van der Waals surface area contributed by atoms with E-state index in [0.717, 1.165) is 17.6 Å². The molecule has 0 radical (unpaired) electrons. The third kappa shape index (κ3) is 2.10. The van der Waals surface area contributed by atoms with Crippen molar-refractivity contribution < 1.29 is 9.53 Å². The summed E-state index contributed by atoms with van der Waals surface area (Å²) in [6.45, 7) is 2.09. The molecule has 0 saturated carbocycles. The highest BCUT2D eigenvalue weighted by molar-refractivity contribution is 7.98. The molecular formula is C11H14O2S.